The molecule has 1 aromatic rings. The van der Waals surface area contributed by atoms with Gasteiger partial charge in [0.2, 0.25) is 0 Å². The van der Waals surface area contributed by atoms with Crippen LogP contribution in [-0.2, 0) is 6.61 Å². The zero-order chi connectivity index (χ0) is 8.27. The normalized spacial score (nSPS) is 9.73. The van der Waals surface area contributed by atoms with Crippen LogP contribution in [0.4, 0.5) is 5.69 Å². The van der Waals surface area contributed by atoms with Crippen molar-refractivity contribution >= 4 is 29.2 Å². The van der Waals surface area contributed by atoms with Crippen molar-refractivity contribution in [2.75, 3.05) is 3.94 Å². The predicted molar refractivity (Wildman–Crippen MR) is 46.5 cm³/mol. The van der Waals surface area contributed by atoms with Crippen LogP contribution in [0.2, 0.25) is 0 Å². The molecule has 1 rings (SSSR count). The van der Waals surface area contributed by atoms with E-state index in [4.69, 9.17) is 28.7 Å². The van der Waals surface area contributed by atoms with Crippen LogP contribution in [0.25, 0.3) is 0 Å². The van der Waals surface area contributed by atoms with Gasteiger partial charge in [-0.1, -0.05) is 18.2 Å². The van der Waals surface area contributed by atoms with Crippen molar-refractivity contribution in [3.05, 3.63) is 29.8 Å². The molecule has 0 aliphatic rings. The summed E-state index contributed by atoms with van der Waals surface area (Å²) in [4.78, 5) is 0. The fraction of sp³-hybridized carbons (Fsp3) is 0.143. The molecule has 0 aliphatic carbocycles. The van der Waals surface area contributed by atoms with Gasteiger partial charge in [-0.3, -0.25) is 0 Å². The third kappa shape index (κ3) is 1.99. The van der Waals surface area contributed by atoms with Gasteiger partial charge in [0.05, 0.1) is 12.3 Å². The highest BCUT2D eigenvalue weighted by Crippen LogP contribution is 2.23. The van der Waals surface area contributed by atoms with Gasteiger partial charge in [0.25, 0.3) is 0 Å². The van der Waals surface area contributed by atoms with E-state index in [1.807, 2.05) is 6.07 Å². The molecule has 0 aromatic heterocycles. The van der Waals surface area contributed by atoms with Gasteiger partial charge < -0.3 is 5.11 Å². The van der Waals surface area contributed by atoms with E-state index in [9.17, 15) is 0 Å². The molecule has 1 N–H and O–H groups in total. The fourth-order valence-corrected chi connectivity index (χ4v) is 1.14. The van der Waals surface area contributed by atoms with Crippen molar-refractivity contribution in [2.45, 2.75) is 6.61 Å². The van der Waals surface area contributed by atoms with Gasteiger partial charge in [-0.2, -0.15) is 3.94 Å². The Labute approximate surface area is 75.2 Å². The number of halogens is 2. The number of nitrogens with zero attached hydrogens (tertiary/aromatic N) is 1. The second kappa shape index (κ2) is 3.81. The molecule has 60 valence electrons. The Morgan fingerprint density at radius 1 is 1.27 bits per heavy atom. The van der Waals surface area contributed by atoms with E-state index in [1.54, 1.807) is 18.2 Å². The molecule has 11 heavy (non-hydrogen) atoms. The first kappa shape index (κ1) is 8.65. The lowest BCUT2D eigenvalue weighted by Gasteiger charge is -2.09. The first-order valence-electron chi connectivity index (χ1n) is 3.06. The summed E-state index contributed by atoms with van der Waals surface area (Å²) in [6, 6.07) is 7.09. The van der Waals surface area contributed by atoms with E-state index in [1.165, 1.54) is 0 Å². The van der Waals surface area contributed by atoms with Crippen LogP contribution in [0, 0.1) is 0 Å². The molecular weight excluding hydrogens is 185 g/mol. The summed E-state index contributed by atoms with van der Waals surface area (Å²) in [5, 5.41) is 8.82. The Bertz CT molecular complexity index is 240. The summed E-state index contributed by atoms with van der Waals surface area (Å²) in [6.45, 7) is -0.0634. The molecule has 0 heterocycles. The van der Waals surface area contributed by atoms with E-state index < -0.39 is 0 Å². The maximum atomic E-state index is 8.82. The standard InChI is InChI=1S/C7H7Cl2NO/c8-10(9)7-4-2-1-3-6(7)5-11/h1-4,11H,5H2. The highest BCUT2D eigenvalue weighted by atomic mass is 35.5. The van der Waals surface area contributed by atoms with E-state index >= 15 is 0 Å². The predicted octanol–water partition coefficient (Wildman–Crippen LogP) is 2.29. The molecular formula is C7H7Cl2NO. The molecule has 0 amide bonds. The molecule has 2 nitrogen and oxygen atoms in total. The molecule has 0 saturated heterocycles. The van der Waals surface area contributed by atoms with E-state index in [2.05, 4.69) is 0 Å². The highest BCUT2D eigenvalue weighted by Gasteiger charge is 2.03. The lowest BCUT2D eigenvalue weighted by Crippen LogP contribution is -1.97. The SMILES string of the molecule is OCc1ccccc1N(Cl)Cl. The maximum absolute atomic E-state index is 8.82. The molecule has 0 bridgehead atoms. The van der Waals surface area contributed by atoms with Crippen LogP contribution in [0.1, 0.15) is 5.56 Å². The van der Waals surface area contributed by atoms with Crippen LogP contribution >= 0.6 is 23.6 Å². The minimum absolute atomic E-state index is 0.0634. The summed E-state index contributed by atoms with van der Waals surface area (Å²) >= 11 is 10.9. The topological polar surface area (TPSA) is 23.5 Å². The fourth-order valence-electron chi connectivity index (χ4n) is 0.809. The van der Waals surface area contributed by atoms with Crippen molar-refractivity contribution in [2.24, 2.45) is 0 Å². The zero-order valence-electron chi connectivity index (χ0n) is 5.67. The Balaban J connectivity index is 3.02. The number of hydrogen-bond acceptors (Lipinski definition) is 2. The van der Waals surface area contributed by atoms with Crippen LogP contribution < -0.4 is 3.94 Å². The van der Waals surface area contributed by atoms with Crippen LogP contribution in [0.5, 0.6) is 0 Å². The van der Waals surface area contributed by atoms with Crippen LogP contribution in [-0.4, -0.2) is 5.11 Å². The number of para-hydroxylation sites is 1. The molecule has 4 heteroatoms. The summed E-state index contributed by atoms with van der Waals surface area (Å²) in [6.07, 6.45) is 0. The number of hydrogen-bond donors (Lipinski definition) is 1. The number of aliphatic hydroxyl groups is 1. The highest BCUT2D eigenvalue weighted by molar-refractivity contribution is 6.49. The van der Waals surface area contributed by atoms with Crippen molar-refractivity contribution in [1.82, 2.24) is 0 Å². The number of anilines is 1. The molecule has 1 aromatic carbocycles. The average molecular weight is 192 g/mol. The molecule has 0 saturated carbocycles. The van der Waals surface area contributed by atoms with E-state index in [0.717, 1.165) is 3.94 Å². The first-order chi connectivity index (χ1) is 5.25. The second-order valence-electron chi connectivity index (χ2n) is 2.02. The third-order valence-electron chi connectivity index (χ3n) is 1.34. The summed E-state index contributed by atoms with van der Waals surface area (Å²) < 4.78 is 0.936. The van der Waals surface area contributed by atoms with Crippen LogP contribution in [0.15, 0.2) is 24.3 Å². The van der Waals surface area contributed by atoms with Gasteiger partial charge in [-0.15, -0.1) is 0 Å². The molecule has 0 fully saturated rings. The molecule has 0 spiro atoms. The minimum atomic E-state index is -0.0634. The van der Waals surface area contributed by atoms with Crippen molar-refractivity contribution in [1.29, 1.82) is 0 Å². The lowest BCUT2D eigenvalue weighted by molar-refractivity contribution is 0.282. The number of rotatable bonds is 2. The molecule has 0 aliphatic heterocycles. The van der Waals surface area contributed by atoms with Gasteiger partial charge in [0.15, 0.2) is 0 Å². The van der Waals surface area contributed by atoms with Crippen LogP contribution in [0.3, 0.4) is 0 Å². The monoisotopic (exact) mass is 191 g/mol. The Morgan fingerprint density at radius 3 is 2.36 bits per heavy atom. The first-order valence-corrected chi connectivity index (χ1v) is 3.73. The lowest BCUT2D eigenvalue weighted by atomic mass is 10.2. The Morgan fingerprint density at radius 2 is 1.91 bits per heavy atom. The van der Waals surface area contributed by atoms with Crippen molar-refractivity contribution in [3.63, 3.8) is 0 Å². The number of aliphatic hydroxyl groups excluding tert-OH is 1. The van der Waals surface area contributed by atoms with Gasteiger partial charge in [0.1, 0.15) is 0 Å². The van der Waals surface area contributed by atoms with Gasteiger partial charge in [0, 0.05) is 29.1 Å². The van der Waals surface area contributed by atoms with E-state index in [-0.39, 0.29) is 6.61 Å². The summed E-state index contributed by atoms with van der Waals surface area (Å²) in [5.74, 6) is 0. The van der Waals surface area contributed by atoms with Gasteiger partial charge in [-0.05, 0) is 6.07 Å². The summed E-state index contributed by atoms with van der Waals surface area (Å²) in [5.41, 5.74) is 1.32. The maximum Gasteiger partial charge on any atom is 0.0764 e. The van der Waals surface area contributed by atoms with Gasteiger partial charge >= 0.3 is 0 Å². The second-order valence-corrected chi connectivity index (χ2v) is 2.87. The smallest absolute Gasteiger partial charge is 0.0764 e. The molecule has 0 radical (unpaired) electrons. The molecule has 0 unspecified atom stereocenters. The Hall–Kier alpha value is -0.440. The van der Waals surface area contributed by atoms with Gasteiger partial charge in [-0.25, -0.2) is 0 Å². The quantitative estimate of drug-likeness (QED) is 0.726. The van der Waals surface area contributed by atoms with Crippen molar-refractivity contribution < 1.29 is 5.11 Å². The van der Waals surface area contributed by atoms with E-state index in [0.29, 0.717) is 11.3 Å². The Kier molecular flexibility index (Phi) is 3.00. The summed E-state index contributed by atoms with van der Waals surface area (Å²) in [7, 11) is 0. The number of benzene rings is 1. The largest absolute Gasteiger partial charge is 0.392 e. The average Bonchev–Trinajstić information content (AvgIpc) is 2.04. The van der Waals surface area contributed by atoms with Crippen molar-refractivity contribution in [3.8, 4) is 0 Å². The third-order valence-corrected chi connectivity index (χ3v) is 1.71. The minimum Gasteiger partial charge on any atom is -0.392 e. The zero-order valence-corrected chi connectivity index (χ0v) is 7.18. The molecule has 0 atom stereocenters.